The lowest BCUT2D eigenvalue weighted by atomic mass is 9.98. The van der Waals surface area contributed by atoms with Crippen LogP contribution in [0.1, 0.15) is 57.2 Å². The second kappa shape index (κ2) is 9.97. The molecule has 2 nitrogen and oxygen atoms in total. The molecule has 0 saturated heterocycles. The Morgan fingerprint density at radius 2 is 1.90 bits per heavy atom. The Kier molecular flexibility index (Phi) is 8.63. The van der Waals surface area contributed by atoms with Crippen LogP contribution in [0.2, 0.25) is 0 Å². The predicted molar refractivity (Wildman–Crippen MR) is 93.8 cm³/mol. The molecule has 1 N–H and O–H groups in total. The highest BCUT2D eigenvalue weighted by Gasteiger charge is 2.14. The van der Waals surface area contributed by atoms with Crippen LogP contribution in [0.15, 0.2) is 24.3 Å². The normalized spacial score (nSPS) is 14.4. The molecule has 0 aliphatic carbocycles. The molecular formula is C19H34N2. The number of nitrogens with zero attached hydrogens (tertiary/aromatic N) is 1. The molecule has 0 saturated carbocycles. The van der Waals surface area contributed by atoms with Gasteiger partial charge in [-0.1, -0.05) is 51.5 Å². The number of hydrogen-bond acceptors (Lipinski definition) is 2. The van der Waals surface area contributed by atoms with Gasteiger partial charge in [0.25, 0.3) is 0 Å². The first kappa shape index (κ1) is 18.2. The number of rotatable bonds is 10. The average molecular weight is 290 g/mol. The van der Waals surface area contributed by atoms with E-state index in [2.05, 4.69) is 69.2 Å². The SMILES string of the molecule is CCCNC(CCN(C)CC(C)CC)c1ccccc1C. The molecule has 1 aromatic carbocycles. The smallest absolute Gasteiger partial charge is 0.0335 e. The molecule has 1 rings (SSSR count). The lowest BCUT2D eigenvalue weighted by molar-refractivity contribution is 0.265. The zero-order valence-electron chi connectivity index (χ0n) is 14.7. The molecule has 21 heavy (non-hydrogen) atoms. The van der Waals surface area contributed by atoms with Crippen molar-refractivity contribution in [3.63, 3.8) is 0 Å². The molecule has 0 spiro atoms. The molecular weight excluding hydrogens is 256 g/mol. The average Bonchev–Trinajstić information content (AvgIpc) is 2.48. The Morgan fingerprint density at radius 1 is 1.19 bits per heavy atom. The third-order valence-corrected chi connectivity index (χ3v) is 4.32. The summed E-state index contributed by atoms with van der Waals surface area (Å²) >= 11 is 0. The maximum atomic E-state index is 3.72. The van der Waals surface area contributed by atoms with Gasteiger partial charge in [-0.2, -0.15) is 0 Å². The van der Waals surface area contributed by atoms with Crippen LogP contribution >= 0.6 is 0 Å². The summed E-state index contributed by atoms with van der Waals surface area (Å²) in [5.74, 6) is 0.788. The summed E-state index contributed by atoms with van der Waals surface area (Å²) < 4.78 is 0. The van der Waals surface area contributed by atoms with Crippen molar-refractivity contribution >= 4 is 0 Å². The minimum absolute atomic E-state index is 0.477. The van der Waals surface area contributed by atoms with Crippen molar-refractivity contribution in [3.05, 3.63) is 35.4 Å². The lowest BCUT2D eigenvalue weighted by Gasteiger charge is -2.25. The van der Waals surface area contributed by atoms with E-state index < -0.39 is 0 Å². The van der Waals surface area contributed by atoms with Gasteiger partial charge in [0, 0.05) is 12.6 Å². The monoisotopic (exact) mass is 290 g/mol. The number of nitrogens with one attached hydrogen (secondary N) is 1. The fraction of sp³-hybridized carbons (Fsp3) is 0.684. The molecule has 2 atom stereocenters. The van der Waals surface area contributed by atoms with Gasteiger partial charge >= 0.3 is 0 Å². The summed E-state index contributed by atoms with van der Waals surface area (Å²) in [5, 5.41) is 3.72. The number of aryl methyl sites for hydroxylation is 1. The molecule has 120 valence electrons. The van der Waals surface area contributed by atoms with E-state index in [4.69, 9.17) is 0 Å². The van der Waals surface area contributed by atoms with Gasteiger partial charge in [-0.05, 0) is 56.9 Å². The van der Waals surface area contributed by atoms with Crippen LogP contribution in [0, 0.1) is 12.8 Å². The van der Waals surface area contributed by atoms with Crippen molar-refractivity contribution in [1.82, 2.24) is 10.2 Å². The summed E-state index contributed by atoms with van der Waals surface area (Å²) in [6, 6.07) is 9.26. The number of hydrogen-bond donors (Lipinski definition) is 1. The summed E-state index contributed by atoms with van der Waals surface area (Å²) in [4.78, 5) is 2.48. The molecule has 0 heterocycles. The van der Waals surface area contributed by atoms with Crippen molar-refractivity contribution in [2.45, 2.75) is 53.0 Å². The van der Waals surface area contributed by atoms with Gasteiger partial charge in [-0.3, -0.25) is 0 Å². The van der Waals surface area contributed by atoms with Gasteiger partial charge in [-0.15, -0.1) is 0 Å². The van der Waals surface area contributed by atoms with Crippen molar-refractivity contribution in [1.29, 1.82) is 0 Å². The van der Waals surface area contributed by atoms with Crippen molar-refractivity contribution in [2.24, 2.45) is 5.92 Å². The van der Waals surface area contributed by atoms with E-state index in [1.54, 1.807) is 0 Å². The van der Waals surface area contributed by atoms with E-state index in [1.807, 2.05) is 0 Å². The van der Waals surface area contributed by atoms with E-state index in [1.165, 1.54) is 36.9 Å². The largest absolute Gasteiger partial charge is 0.310 e. The van der Waals surface area contributed by atoms with Crippen LogP contribution < -0.4 is 5.32 Å². The summed E-state index contributed by atoms with van der Waals surface area (Å²) in [6.45, 7) is 12.5. The van der Waals surface area contributed by atoms with Gasteiger partial charge in [0.05, 0.1) is 0 Å². The Hall–Kier alpha value is -0.860. The second-order valence-corrected chi connectivity index (χ2v) is 6.43. The molecule has 0 radical (unpaired) electrons. The van der Waals surface area contributed by atoms with Crippen LogP contribution in [-0.2, 0) is 0 Å². The van der Waals surface area contributed by atoms with E-state index >= 15 is 0 Å². The molecule has 0 aliphatic rings. The Labute approximate surface area is 131 Å². The quantitative estimate of drug-likeness (QED) is 0.687. The highest BCUT2D eigenvalue weighted by molar-refractivity contribution is 5.28. The zero-order chi connectivity index (χ0) is 15.7. The molecule has 0 bridgehead atoms. The third kappa shape index (κ3) is 6.62. The highest BCUT2D eigenvalue weighted by atomic mass is 15.1. The van der Waals surface area contributed by atoms with Gasteiger partial charge < -0.3 is 10.2 Å². The zero-order valence-corrected chi connectivity index (χ0v) is 14.7. The Morgan fingerprint density at radius 3 is 2.52 bits per heavy atom. The fourth-order valence-corrected chi connectivity index (χ4v) is 2.77. The first-order valence-electron chi connectivity index (χ1n) is 8.55. The number of benzene rings is 1. The third-order valence-electron chi connectivity index (χ3n) is 4.32. The molecule has 0 fully saturated rings. The van der Waals surface area contributed by atoms with Gasteiger partial charge in [-0.25, -0.2) is 0 Å². The van der Waals surface area contributed by atoms with Crippen LogP contribution in [-0.4, -0.2) is 31.6 Å². The highest BCUT2D eigenvalue weighted by Crippen LogP contribution is 2.21. The first-order chi connectivity index (χ1) is 10.1. The van der Waals surface area contributed by atoms with E-state index in [0.717, 1.165) is 19.0 Å². The first-order valence-corrected chi connectivity index (χ1v) is 8.55. The molecule has 0 aliphatic heterocycles. The Bertz CT molecular complexity index is 389. The molecule has 2 heteroatoms. The maximum Gasteiger partial charge on any atom is 0.0335 e. The van der Waals surface area contributed by atoms with Crippen LogP contribution in [0.5, 0.6) is 0 Å². The Balaban J connectivity index is 2.60. The van der Waals surface area contributed by atoms with Gasteiger partial charge in [0.2, 0.25) is 0 Å². The van der Waals surface area contributed by atoms with Gasteiger partial charge in [0.15, 0.2) is 0 Å². The van der Waals surface area contributed by atoms with E-state index in [-0.39, 0.29) is 0 Å². The van der Waals surface area contributed by atoms with Crippen molar-refractivity contribution < 1.29 is 0 Å². The second-order valence-electron chi connectivity index (χ2n) is 6.43. The summed E-state index contributed by atoms with van der Waals surface area (Å²) in [7, 11) is 2.25. The molecule has 0 amide bonds. The minimum atomic E-state index is 0.477. The summed E-state index contributed by atoms with van der Waals surface area (Å²) in [5.41, 5.74) is 2.86. The van der Waals surface area contributed by atoms with Crippen LogP contribution in [0.4, 0.5) is 0 Å². The topological polar surface area (TPSA) is 15.3 Å². The van der Waals surface area contributed by atoms with Crippen LogP contribution in [0.25, 0.3) is 0 Å². The van der Waals surface area contributed by atoms with E-state index in [0.29, 0.717) is 6.04 Å². The summed E-state index contributed by atoms with van der Waals surface area (Å²) in [6.07, 6.45) is 3.63. The predicted octanol–water partition coefficient (Wildman–Crippen LogP) is 4.40. The standard InChI is InChI=1S/C19H34N2/c1-6-13-20-19(18-11-9-8-10-17(18)4)12-14-21(5)15-16(3)7-2/h8-11,16,19-20H,6-7,12-15H2,1-5H3. The maximum absolute atomic E-state index is 3.72. The molecule has 2 unspecified atom stereocenters. The fourth-order valence-electron chi connectivity index (χ4n) is 2.77. The van der Waals surface area contributed by atoms with Crippen molar-refractivity contribution in [3.8, 4) is 0 Å². The lowest BCUT2D eigenvalue weighted by Crippen LogP contribution is -2.30. The molecule has 0 aromatic heterocycles. The van der Waals surface area contributed by atoms with Crippen LogP contribution in [0.3, 0.4) is 0 Å². The minimum Gasteiger partial charge on any atom is -0.310 e. The van der Waals surface area contributed by atoms with Crippen molar-refractivity contribution in [2.75, 3.05) is 26.7 Å². The van der Waals surface area contributed by atoms with Gasteiger partial charge in [0.1, 0.15) is 0 Å². The molecule has 1 aromatic rings. The van der Waals surface area contributed by atoms with E-state index in [9.17, 15) is 0 Å².